The molecule has 1 aromatic carbocycles. The number of hydrogen-bond donors (Lipinski definition) is 1. The molecule has 3 rings (SSSR count). The molecule has 2 aliphatic heterocycles. The summed E-state index contributed by atoms with van der Waals surface area (Å²) in [6.45, 7) is 5.33. The van der Waals surface area contributed by atoms with Crippen molar-refractivity contribution in [3.05, 3.63) is 23.8 Å². The third-order valence-electron chi connectivity index (χ3n) is 5.04. The van der Waals surface area contributed by atoms with Crippen LogP contribution in [0.1, 0.15) is 37.0 Å². The molecule has 1 aromatic rings. The molecule has 2 amide bonds. The number of hydrogen-bond acceptors (Lipinski definition) is 6. The number of benzene rings is 1. The van der Waals surface area contributed by atoms with E-state index in [1.807, 2.05) is 13.8 Å². The Hall–Kier alpha value is -2.17. The number of carbonyl (C=O) groups excluding carboxylic acids is 2. The molecule has 2 saturated heterocycles. The van der Waals surface area contributed by atoms with Gasteiger partial charge in [-0.25, -0.2) is 8.42 Å². The average Bonchev–Trinajstić information content (AvgIpc) is 3.20. The molecule has 0 spiro atoms. The molecule has 2 aliphatic rings. The van der Waals surface area contributed by atoms with E-state index in [-0.39, 0.29) is 40.9 Å². The van der Waals surface area contributed by atoms with Crippen LogP contribution in [0.5, 0.6) is 5.75 Å². The normalized spacial score (nSPS) is 23.2. The molecule has 2 fully saturated rings. The predicted octanol–water partition coefficient (Wildman–Crippen LogP) is 0.585. The fourth-order valence-electron chi connectivity index (χ4n) is 3.68. The fraction of sp³-hybridized carbons (Fsp3) is 0.579. The Balaban J connectivity index is 1.74. The largest absolute Gasteiger partial charge is 0.483 e. The molecule has 2 atom stereocenters. The summed E-state index contributed by atoms with van der Waals surface area (Å²) < 4.78 is 38.0. The van der Waals surface area contributed by atoms with Gasteiger partial charge in [-0.15, -0.1) is 0 Å². The second-order valence-corrected chi connectivity index (χ2v) is 9.42. The van der Waals surface area contributed by atoms with Gasteiger partial charge in [0.05, 0.1) is 22.7 Å². The third-order valence-corrected chi connectivity index (χ3v) is 6.94. The Morgan fingerprint density at radius 2 is 1.79 bits per heavy atom. The van der Waals surface area contributed by atoms with Crippen LogP contribution in [0.15, 0.2) is 23.1 Å². The number of sulfonamides is 1. The lowest BCUT2D eigenvalue weighted by atomic mass is 10.2. The molecule has 2 heterocycles. The van der Waals surface area contributed by atoms with Crippen molar-refractivity contribution in [1.29, 1.82) is 0 Å². The van der Waals surface area contributed by atoms with E-state index in [9.17, 15) is 18.0 Å². The molecule has 0 aromatic heterocycles. The van der Waals surface area contributed by atoms with Gasteiger partial charge in [0.1, 0.15) is 5.75 Å². The van der Waals surface area contributed by atoms with Gasteiger partial charge in [0.2, 0.25) is 10.0 Å². The summed E-state index contributed by atoms with van der Waals surface area (Å²) in [5, 5.41) is 0. The molecule has 0 saturated carbocycles. The van der Waals surface area contributed by atoms with Gasteiger partial charge in [-0.3, -0.25) is 9.59 Å². The number of primary amides is 1. The summed E-state index contributed by atoms with van der Waals surface area (Å²) in [5.74, 6) is -0.976. The van der Waals surface area contributed by atoms with Crippen LogP contribution in [-0.4, -0.2) is 74.4 Å². The van der Waals surface area contributed by atoms with Gasteiger partial charge >= 0.3 is 0 Å². The predicted molar refractivity (Wildman–Crippen MR) is 105 cm³/mol. The van der Waals surface area contributed by atoms with Crippen molar-refractivity contribution in [1.82, 2.24) is 9.21 Å². The van der Waals surface area contributed by atoms with Crippen LogP contribution >= 0.6 is 0 Å². The number of morpholine rings is 1. The van der Waals surface area contributed by atoms with E-state index >= 15 is 0 Å². The zero-order valence-electron chi connectivity index (χ0n) is 16.7. The SMILES string of the molecule is C[C@@H]1CN(C(=O)COc2ccc(S(=O)(=O)N3CCCC3)cc2C(N)=O)C[C@@H](C)O1. The number of nitrogens with zero attached hydrogens (tertiary/aromatic N) is 2. The Kier molecular flexibility index (Phi) is 6.45. The summed E-state index contributed by atoms with van der Waals surface area (Å²) in [6.07, 6.45) is 1.48. The zero-order valence-corrected chi connectivity index (χ0v) is 17.5. The molecule has 2 N–H and O–H groups in total. The van der Waals surface area contributed by atoms with Gasteiger partial charge in [0, 0.05) is 26.2 Å². The minimum atomic E-state index is -3.69. The monoisotopic (exact) mass is 425 g/mol. The quantitative estimate of drug-likeness (QED) is 0.712. The molecular formula is C19H27N3O6S. The van der Waals surface area contributed by atoms with E-state index in [2.05, 4.69) is 0 Å². The first kappa shape index (κ1) is 21.5. The lowest BCUT2D eigenvalue weighted by Gasteiger charge is -2.35. The van der Waals surface area contributed by atoms with Crippen LogP contribution in [0.2, 0.25) is 0 Å². The Morgan fingerprint density at radius 3 is 2.38 bits per heavy atom. The highest BCUT2D eigenvalue weighted by Gasteiger charge is 2.29. The van der Waals surface area contributed by atoms with E-state index in [1.54, 1.807) is 4.90 Å². The number of amides is 2. The highest BCUT2D eigenvalue weighted by atomic mass is 32.2. The van der Waals surface area contributed by atoms with Crippen molar-refractivity contribution in [3.8, 4) is 5.75 Å². The van der Waals surface area contributed by atoms with Crippen LogP contribution in [0, 0.1) is 0 Å². The maximum atomic E-state index is 12.7. The summed E-state index contributed by atoms with van der Waals surface area (Å²) >= 11 is 0. The van der Waals surface area contributed by atoms with Gasteiger partial charge in [0.15, 0.2) is 6.61 Å². The van der Waals surface area contributed by atoms with E-state index in [0.29, 0.717) is 26.2 Å². The highest BCUT2D eigenvalue weighted by Crippen LogP contribution is 2.26. The zero-order chi connectivity index (χ0) is 21.2. The summed E-state index contributed by atoms with van der Waals surface area (Å²) in [6, 6.07) is 3.97. The first-order valence-corrected chi connectivity index (χ1v) is 11.1. The molecule has 9 nitrogen and oxygen atoms in total. The van der Waals surface area contributed by atoms with Crippen molar-refractivity contribution in [2.75, 3.05) is 32.8 Å². The highest BCUT2D eigenvalue weighted by molar-refractivity contribution is 7.89. The molecule has 10 heteroatoms. The third kappa shape index (κ3) is 4.88. The van der Waals surface area contributed by atoms with Crippen LogP contribution in [0.25, 0.3) is 0 Å². The first-order valence-electron chi connectivity index (χ1n) is 9.68. The lowest BCUT2D eigenvalue weighted by Crippen LogP contribution is -2.49. The number of ether oxygens (including phenoxy) is 2. The first-order chi connectivity index (χ1) is 13.7. The minimum absolute atomic E-state index is 0.0114. The number of rotatable bonds is 6. The van der Waals surface area contributed by atoms with Crippen LogP contribution in [0.3, 0.4) is 0 Å². The maximum Gasteiger partial charge on any atom is 0.260 e. The van der Waals surface area contributed by atoms with Crippen molar-refractivity contribution in [2.24, 2.45) is 5.73 Å². The summed E-state index contributed by atoms with van der Waals surface area (Å²) in [4.78, 5) is 26.0. The second kappa shape index (κ2) is 8.68. The second-order valence-electron chi connectivity index (χ2n) is 7.48. The van der Waals surface area contributed by atoms with Gasteiger partial charge in [-0.05, 0) is 44.9 Å². The van der Waals surface area contributed by atoms with Crippen molar-refractivity contribution in [2.45, 2.75) is 43.8 Å². The van der Waals surface area contributed by atoms with Crippen LogP contribution in [-0.2, 0) is 19.6 Å². The van der Waals surface area contributed by atoms with Gasteiger partial charge in [0.25, 0.3) is 11.8 Å². The lowest BCUT2D eigenvalue weighted by molar-refractivity contribution is -0.145. The standard InChI is InChI=1S/C19H27N3O6S/c1-13-10-21(11-14(2)28-13)18(23)12-27-17-6-5-15(9-16(17)19(20)24)29(25,26)22-7-3-4-8-22/h5-6,9,13-14H,3-4,7-8,10-12H2,1-2H3,(H2,20,24)/t13-,14-/m1/s1. The minimum Gasteiger partial charge on any atom is -0.483 e. The maximum absolute atomic E-state index is 12.7. The summed E-state index contributed by atoms with van der Waals surface area (Å²) in [5.41, 5.74) is 5.36. The van der Waals surface area contributed by atoms with Gasteiger partial charge in [-0.1, -0.05) is 0 Å². The van der Waals surface area contributed by atoms with E-state index in [1.165, 1.54) is 22.5 Å². The van der Waals surface area contributed by atoms with Crippen molar-refractivity contribution < 1.29 is 27.5 Å². The smallest absolute Gasteiger partial charge is 0.260 e. The van der Waals surface area contributed by atoms with Crippen LogP contribution < -0.4 is 10.5 Å². The Labute approximate surface area is 170 Å². The fourth-order valence-corrected chi connectivity index (χ4v) is 5.22. The van der Waals surface area contributed by atoms with Gasteiger partial charge in [-0.2, -0.15) is 4.31 Å². The number of nitrogens with two attached hydrogens (primary N) is 1. The van der Waals surface area contributed by atoms with Crippen molar-refractivity contribution >= 4 is 21.8 Å². The molecule has 160 valence electrons. The molecule has 29 heavy (non-hydrogen) atoms. The van der Waals surface area contributed by atoms with E-state index in [0.717, 1.165) is 12.8 Å². The van der Waals surface area contributed by atoms with Crippen molar-refractivity contribution in [3.63, 3.8) is 0 Å². The average molecular weight is 426 g/mol. The molecule has 0 bridgehead atoms. The Morgan fingerprint density at radius 1 is 1.17 bits per heavy atom. The number of carbonyl (C=O) groups is 2. The summed E-state index contributed by atoms with van der Waals surface area (Å²) in [7, 11) is -3.69. The van der Waals surface area contributed by atoms with E-state index in [4.69, 9.17) is 15.2 Å². The topological polar surface area (TPSA) is 119 Å². The molecule has 0 aliphatic carbocycles. The van der Waals surface area contributed by atoms with Crippen LogP contribution in [0.4, 0.5) is 0 Å². The molecule has 0 radical (unpaired) electrons. The Bertz CT molecular complexity index is 872. The van der Waals surface area contributed by atoms with E-state index < -0.39 is 15.9 Å². The molecular weight excluding hydrogens is 398 g/mol. The molecule has 0 unspecified atom stereocenters. The van der Waals surface area contributed by atoms with Gasteiger partial charge < -0.3 is 20.1 Å².